The quantitative estimate of drug-likeness (QED) is 0.901. The zero-order valence-electron chi connectivity index (χ0n) is 10.1. The molecule has 1 aromatic rings. The molecule has 1 heterocycles. The van der Waals surface area contributed by atoms with E-state index in [0.29, 0.717) is 25.9 Å². The molecule has 0 aromatic heterocycles. The van der Waals surface area contributed by atoms with Gasteiger partial charge in [0.05, 0.1) is 6.10 Å². The van der Waals surface area contributed by atoms with E-state index in [1.54, 1.807) is 6.08 Å². The van der Waals surface area contributed by atoms with E-state index < -0.39 is 10.0 Å². The number of nitrogens with zero attached hydrogens (tertiary/aromatic N) is 1. The van der Waals surface area contributed by atoms with Gasteiger partial charge >= 0.3 is 0 Å². The molecule has 1 saturated heterocycles. The molecule has 0 aliphatic carbocycles. The molecule has 1 aliphatic rings. The van der Waals surface area contributed by atoms with Gasteiger partial charge in [0.15, 0.2) is 0 Å². The molecule has 1 N–H and O–H groups in total. The van der Waals surface area contributed by atoms with Crippen molar-refractivity contribution in [3.8, 4) is 0 Å². The predicted molar refractivity (Wildman–Crippen MR) is 71.2 cm³/mol. The Morgan fingerprint density at radius 2 is 1.78 bits per heavy atom. The van der Waals surface area contributed by atoms with Crippen molar-refractivity contribution in [3.63, 3.8) is 0 Å². The largest absolute Gasteiger partial charge is 0.393 e. The van der Waals surface area contributed by atoms with Crippen molar-refractivity contribution in [1.82, 2.24) is 4.31 Å². The molecule has 1 aliphatic heterocycles. The summed E-state index contributed by atoms with van der Waals surface area (Å²) in [4.78, 5) is 0. The van der Waals surface area contributed by atoms with E-state index in [-0.39, 0.29) is 6.10 Å². The molecule has 98 valence electrons. The van der Waals surface area contributed by atoms with Gasteiger partial charge in [0.1, 0.15) is 0 Å². The van der Waals surface area contributed by atoms with Crippen LogP contribution in [0, 0.1) is 0 Å². The molecule has 5 heteroatoms. The lowest BCUT2D eigenvalue weighted by atomic mass is 10.1. The number of aliphatic hydroxyl groups is 1. The lowest BCUT2D eigenvalue weighted by molar-refractivity contribution is 0.113. The van der Waals surface area contributed by atoms with Crippen molar-refractivity contribution in [2.24, 2.45) is 0 Å². The number of rotatable bonds is 3. The Balaban J connectivity index is 2.06. The van der Waals surface area contributed by atoms with E-state index in [0.717, 1.165) is 5.56 Å². The third kappa shape index (κ3) is 3.41. The molecule has 0 radical (unpaired) electrons. The summed E-state index contributed by atoms with van der Waals surface area (Å²) < 4.78 is 25.5. The summed E-state index contributed by atoms with van der Waals surface area (Å²) in [6.07, 6.45) is 2.26. The van der Waals surface area contributed by atoms with Crippen LogP contribution < -0.4 is 0 Å². The number of aliphatic hydroxyl groups excluding tert-OH is 1. The Kier molecular flexibility index (Phi) is 4.16. The topological polar surface area (TPSA) is 57.6 Å². The van der Waals surface area contributed by atoms with Gasteiger partial charge in [0.25, 0.3) is 0 Å². The Morgan fingerprint density at radius 1 is 1.17 bits per heavy atom. The second-order valence-electron chi connectivity index (χ2n) is 4.39. The molecule has 1 fully saturated rings. The Bertz CT molecular complexity index is 502. The highest BCUT2D eigenvalue weighted by molar-refractivity contribution is 7.92. The molecule has 0 bridgehead atoms. The fourth-order valence-corrected chi connectivity index (χ4v) is 3.13. The normalized spacial score (nSPS) is 19.4. The number of sulfonamides is 1. The van der Waals surface area contributed by atoms with Crippen molar-refractivity contribution in [3.05, 3.63) is 41.3 Å². The van der Waals surface area contributed by atoms with Crippen LogP contribution in [0.4, 0.5) is 0 Å². The SMILES string of the molecule is O=S(=O)(C=Cc1ccccc1)N1CCC(O)CC1. The summed E-state index contributed by atoms with van der Waals surface area (Å²) >= 11 is 0. The summed E-state index contributed by atoms with van der Waals surface area (Å²) in [6.45, 7) is 0.783. The van der Waals surface area contributed by atoms with Crippen molar-refractivity contribution >= 4 is 16.1 Å². The predicted octanol–water partition coefficient (Wildman–Crippen LogP) is 1.44. The molecule has 4 nitrogen and oxygen atoms in total. The minimum Gasteiger partial charge on any atom is -0.393 e. The molecule has 0 saturated carbocycles. The molecular weight excluding hydrogens is 250 g/mol. The Labute approximate surface area is 108 Å². The van der Waals surface area contributed by atoms with E-state index >= 15 is 0 Å². The van der Waals surface area contributed by atoms with Crippen molar-refractivity contribution in [2.75, 3.05) is 13.1 Å². The number of piperidine rings is 1. The van der Waals surface area contributed by atoms with Crippen LogP contribution >= 0.6 is 0 Å². The minimum absolute atomic E-state index is 0.366. The van der Waals surface area contributed by atoms with Gasteiger partial charge in [-0.05, 0) is 24.5 Å². The van der Waals surface area contributed by atoms with Gasteiger partial charge in [0.2, 0.25) is 10.0 Å². The number of benzene rings is 1. The first-order chi connectivity index (χ1) is 8.58. The Hall–Kier alpha value is -1.17. The Morgan fingerprint density at radius 3 is 2.39 bits per heavy atom. The standard InChI is InChI=1S/C13H17NO3S/c15-13-6-9-14(10-7-13)18(16,17)11-8-12-4-2-1-3-5-12/h1-5,8,11,13,15H,6-7,9-10H2. The minimum atomic E-state index is -3.36. The molecule has 0 amide bonds. The smallest absolute Gasteiger partial charge is 0.236 e. The van der Waals surface area contributed by atoms with E-state index in [1.165, 1.54) is 9.71 Å². The third-order valence-corrected chi connectivity index (χ3v) is 4.58. The summed E-state index contributed by atoms with van der Waals surface area (Å²) in [5.41, 5.74) is 0.859. The maximum atomic E-state index is 12.0. The van der Waals surface area contributed by atoms with E-state index in [1.807, 2.05) is 30.3 Å². The van der Waals surface area contributed by atoms with Gasteiger partial charge in [-0.15, -0.1) is 0 Å². The molecule has 1 aromatic carbocycles. The molecule has 0 atom stereocenters. The lowest BCUT2D eigenvalue weighted by Gasteiger charge is -2.27. The molecule has 2 rings (SSSR count). The molecule has 0 spiro atoms. The highest BCUT2D eigenvalue weighted by atomic mass is 32.2. The third-order valence-electron chi connectivity index (χ3n) is 3.02. The summed E-state index contributed by atoms with van der Waals surface area (Å²) in [7, 11) is -3.36. The number of hydrogen-bond donors (Lipinski definition) is 1. The van der Waals surface area contributed by atoms with Crippen LogP contribution in [0.15, 0.2) is 35.7 Å². The van der Waals surface area contributed by atoms with E-state index in [2.05, 4.69) is 0 Å². The van der Waals surface area contributed by atoms with Gasteiger partial charge in [-0.3, -0.25) is 0 Å². The van der Waals surface area contributed by atoms with Crippen LogP contribution in [-0.4, -0.2) is 37.0 Å². The summed E-state index contributed by atoms with van der Waals surface area (Å²) in [6, 6.07) is 9.32. The zero-order valence-corrected chi connectivity index (χ0v) is 10.9. The second-order valence-corrected chi connectivity index (χ2v) is 6.21. The van der Waals surface area contributed by atoms with Crippen molar-refractivity contribution in [2.45, 2.75) is 18.9 Å². The fraction of sp³-hybridized carbons (Fsp3) is 0.385. The van der Waals surface area contributed by atoms with Gasteiger partial charge in [-0.1, -0.05) is 30.3 Å². The maximum Gasteiger partial charge on any atom is 0.236 e. The first-order valence-electron chi connectivity index (χ1n) is 5.99. The zero-order chi connectivity index (χ0) is 13.0. The monoisotopic (exact) mass is 267 g/mol. The summed E-state index contributed by atoms with van der Waals surface area (Å²) in [5, 5.41) is 10.6. The van der Waals surface area contributed by atoms with Gasteiger partial charge < -0.3 is 5.11 Å². The van der Waals surface area contributed by atoms with Crippen molar-refractivity contribution < 1.29 is 13.5 Å². The van der Waals surface area contributed by atoms with Crippen LogP contribution in [0.2, 0.25) is 0 Å². The highest BCUT2D eigenvalue weighted by Crippen LogP contribution is 2.15. The van der Waals surface area contributed by atoms with Crippen LogP contribution in [0.1, 0.15) is 18.4 Å². The van der Waals surface area contributed by atoms with Crippen LogP contribution in [0.5, 0.6) is 0 Å². The van der Waals surface area contributed by atoms with Gasteiger partial charge in [-0.25, -0.2) is 8.42 Å². The molecular formula is C13H17NO3S. The second kappa shape index (κ2) is 5.65. The van der Waals surface area contributed by atoms with Crippen LogP contribution in [0.25, 0.3) is 6.08 Å². The van der Waals surface area contributed by atoms with E-state index in [4.69, 9.17) is 0 Å². The fourth-order valence-electron chi connectivity index (χ4n) is 1.91. The number of hydrogen-bond acceptors (Lipinski definition) is 3. The lowest BCUT2D eigenvalue weighted by Crippen LogP contribution is -2.38. The first kappa shape index (κ1) is 13.3. The van der Waals surface area contributed by atoms with E-state index in [9.17, 15) is 13.5 Å². The highest BCUT2D eigenvalue weighted by Gasteiger charge is 2.24. The van der Waals surface area contributed by atoms with Gasteiger partial charge in [-0.2, -0.15) is 4.31 Å². The van der Waals surface area contributed by atoms with Crippen LogP contribution in [0.3, 0.4) is 0 Å². The maximum absolute atomic E-state index is 12.0. The van der Waals surface area contributed by atoms with Crippen molar-refractivity contribution in [1.29, 1.82) is 0 Å². The average molecular weight is 267 g/mol. The molecule has 18 heavy (non-hydrogen) atoms. The van der Waals surface area contributed by atoms with Gasteiger partial charge in [0, 0.05) is 18.5 Å². The average Bonchev–Trinajstić information content (AvgIpc) is 2.38. The van der Waals surface area contributed by atoms with Crippen LogP contribution in [-0.2, 0) is 10.0 Å². The first-order valence-corrected chi connectivity index (χ1v) is 7.49. The summed E-state index contributed by atoms with van der Waals surface area (Å²) in [5.74, 6) is 0. The molecule has 0 unspecified atom stereocenters.